The molecule has 0 unspecified atom stereocenters. The molecule has 0 radical (unpaired) electrons. The molecule has 25 nitrogen and oxygen atoms in total. The number of nitrogens with one attached hydrogen (secondary N) is 4. The Balaban J connectivity index is 0.000000179. The summed E-state index contributed by atoms with van der Waals surface area (Å²) < 4.78 is 18.2. The Bertz CT molecular complexity index is 6580. The maximum atomic E-state index is 13.7. The normalized spacial score (nSPS) is 11.0. The van der Waals surface area contributed by atoms with Gasteiger partial charge in [-0.05, 0) is 120 Å². The van der Waals surface area contributed by atoms with Crippen molar-refractivity contribution in [2.75, 3.05) is 28.4 Å². The van der Waals surface area contributed by atoms with Crippen LogP contribution in [0.3, 0.4) is 0 Å². The fraction of sp³-hybridized carbons (Fsp3) is 0.0698. The Morgan fingerprint density at radius 3 is 1.21 bits per heavy atom. The lowest BCUT2D eigenvalue weighted by atomic mass is 9.88. The number of aromatic nitrogens is 4. The molecule has 4 aromatic heterocycles. The highest BCUT2D eigenvalue weighted by atomic mass is 16.5. The van der Waals surface area contributed by atoms with Crippen molar-refractivity contribution in [1.29, 1.82) is 0 Å². The van der Waals surface area contributed by atoms with Crippen molar-refractivity contribution in [3.63, 3.8) is 0 Å². The van der Waals surface area contributed by atoms with Crippen LogP contribution in [0, 0.1) is 0 Å². The molecule has 12 aromatic rings. The van der Waals surface area contributed by atoms with E-state index in [1.165, 1.54) is 56.5 Å². The number of aromatic carboxylic acids is 3. The molecule has 0 saturated heterocycles. The van der Waals surface area contributed by atoms with Crippen LogP contribution in [0.5, 0.6) is 11.5 Å². The van der Waals surface area contributed by atoms with Gasteiger partial charge in [0.15, 0.2) is 16.6 Å². The molecule has 0 saturated carbocycles. The van der Waals surface area contributed by atoms with Crippen LogP contribution in [-0.4, -0.2) is 88.4 Å². The van der Waals surface area contributed by atoms with Gasteiger partial charge in [-0.15, -0.1) is 0 Å². The van der Waals surface area contributed by atoms with Crippen molar-refractivity contribution in [2.24, 2.45) is 0 Å². The molecular formula is C86H60N8O17. The number of esters is 1. The summed E-state index contributed by atoms with van der Waals surface area (Å²) in [6.45, 7) is 1.49. The van der Waals surface area contributed by atoms with E-state index in [4.69, 9.17) is 23.2 Å². The first kappa shape index (κ1) is 72.5. The predicted octanol–water partition coefficient (Wildman–Crippen LogP) is 15.7. The molecule has 0 spiro atoms. The third-order valence-electron chi connectivity index (χ3n) is 18.8. The number of hydrogen-bond acceptors (Lipinski definition) is 22. The summed E-state index contributed by atoms with van der Waals surface area (Å²) in [6.07, 6.45) is 1.94. The highest BCUT2D eigenvalue weighted by Gasteiger charge is 2.30. The molecule has 0 atom stereocenters. The summed E-state index contributed by atoms with van der Waals surface area (Å²) in [5, 5.41) is 70.2. The number of carboxylic acid groups (broad SMARTS) is 3. The first-order valence-corrected chi connectivity index (χ1v) is 34.2. The van der Waals surface area contributed by atoms with E-state index >= 15 is 0 Å². The van der Waals surface area contributed by atoms with Crippen LogP contribution >= 0.6 is 0 Å². The highest BCUT2D eigenvalue weighted by Crippen LogP contribution is 2.48. The molecule has 4 aliphatic rings. The van der Waals surface area contributed by atoms with Gasteiger partial charge in [0, 0.05) is 93.9 Å². The van der Waals surface area contributed by atoms with Gasteiger partial charge in [0.1, 0.15) is 51.3 Å². The van der Waals surface area contributed by atoms with Crippen molar-refractivity contribution in [3.05, 3.63) is 295 Å². The number of benzene rings is 10. The van der Waals surface area contributed by atoms with Gasteiger partial charge >= 0.3 is 30.0 Å². The number of para-hydroxylation sites is 4. The van der Waals surface area contributed by atoms with Crippen LogP contribution in [0.4, 0.5) is 22.7 Å². The number of phenolic OH excluding ortho intramolecular Hbond substituents is 2. The van der Waals surface area contributed by atoms with Gasteiger partial charge in [-0.2, -0.15) is 9.59 Å². The number of phenols is 2. The molecular weight excluding hydrogens is 1420 g/mol. The quantitative estimate of drug-likeness (QED) is 0.0206. The SMILES string of the molecule is COC(=O)c1ccc2cccc(NCc3c(O)ccc4c(-c5ccccc5C(=O)O)c5ccc(=O)c(CNc6cccc7ccc(C(C)=O)nc67)c-5oc34)c2n1.O=C(O)c1ccc2cccc(NCc3c(O)ccc4c(-c5ccccc5C(=O)O)c5ccc(=O)c(CNc6cccc7cccnc67)c-5oc34)c2n1.O=C=O. The summed E-state index contributed by atoms with van der Waals surface area (Å²) in [5.74, 6) is -4.03. The molecule has 25 heteroatoms. The number of aromatic hydroxyl groups is 2. The molecule has 111 heavy (non-hydrogen) atoms. The zero-order valence-electron chi connectivity index (χ0n) is 58.6. The Morgan fingerprint density at radius 2 is 0.784 bits per heavy atom. The Kier molecular flexibility index (Phi) is 20.2. The molecule has 6 heterocycles. The lowest BCUT2D eigenvalue weighted by molar-refractivity contribution is -0.191. The lowest BCUT2D eigenvalue weighted by Gasteiger charge is -2.21. The van der Waals surface area contributed by atoms with Gasteiger partial charge in [-0.1, -0.05) is 109 Å². The molecule has 8 aromatic carbocycles. The second-order valence-corrected chi connectivity index (χ2v) is 25.3. The smallest absolute Gasteiger partial charge is 0.373 e. The molecule has 2 aliphatic heterocycles. The number of ether oxygens (including phenoxy) is 1. The van der Waals surface area contributed by atoms with E-state index in [0.29, 0.717) is 111 Å². The van der Waals surface area contributed by atoms with Crippen LogP contribution in [0.2, 0.25) is 0 Å². The predicted molar refractivity (Wildman–Crippen MR) is 416 cm³/mol. The number of rotatable bonds is 19. The van der Waals surface area contributed by atoms with Gasteiger partial charge in [0.2, 0.25) is 0 Å². The number of ketones is 1. The van der Waals surface area contributed by atoms with E-state index < -0.39 is 23.9 Å². The first-order valence-electron chi connectivity index (χ1n) is 34.2. The third-order valence-corrected chi connectivity index (χ3v) is 18.8. The summed E-state index contributed by atoms with van der Waals surface area (Å²) in [7, 11) is 1.28. The van der Waals surface area contributed by atoms with Crippen LogP contribution in [0.15, 0.2) is 243 Å². The molecule has 2 aliphatic carbocycles. The number of carbonyl (C=O) groups excluding carboxylic acids is 4. The number of Topliss-reactive ketones (excluding diaryl/α,β-unsaturated/α-hetero) is 1. The minimum Gasteiger partial charge on any atom is -0.507 e. The van der Waals surface area contributed by atoms with Gasteiger partial charge in [-0.25, -0.2) is 34.1 Å². The summed E-state index contributed by atoms with van der Waals surface area (Å²) in [6, 6.07) is 61.3. The van der Waals surface area contributed by atoms with E-state index in [-0.39, 0.29) is 111 Å². The zero-order chi connectivity index (χ0) is 77.7. The van der Waals surface area contributed by atoms with Gasteiger partial charge < -0.3 is 60.4 Å². The Labute approximate surface area is 627 Å². The average molecular weight is 1480 g/mol. The van der Waals surface area contributed by atoms with Crippen molar-refractivity contribution in [1.82, 2.24) is 19.9 Å². The number of nitrogens with zero attached hydrogens (tertiary/aromatic N) is 4. The number of hydrogen-bond donors (Lipinski definition) is 9. The molecule has 0 fully saturated rings. The molecule has 546 valence electrons. The lowest BCUT2D eigenvalue weighted by Crippen LogP contribution is -2.15. The summed E-state index contributed by atoms with van der Waals surface area (Å²) in [5.41, 5.74) is 8.75. The van der Waals surface area contributed by atoms with Crippen molar-refractivity contribution < 1.29 is 72.7 Å². The second kappa shape index (κ2) is 30.9. The maximum absolute atomic E-state index is 13.7. The Morgan fingerprint density at radius 1 is 0.405 bits per heavy atom. The van der Waals surface area contributed by atoms with E-state index in [1.807, 2.05) is 66.7 Å². The van der Waals surface area contributed by atoms with Crippen molar-refractivity contribution >= 4 is 124 Å². The average Bonchev–Trinajstić information content (AvgIpc) is 0.736. The van der Waals surface area contributed by atoms with E-state index in [1.54, 1.807) is 115 Å². The van der Waals surface area contributed by atoms with Gasteiger partial charge in [-0.3, -0.25) is 19.4 Å². The van der Waals surface area contributed by atoms with E-state index in [0.717, 1.165) is 21.7 Å². The summed E-state index contributed by atoms with van der Waals surface area (Å²) >= 11 is 0. The topological polar surface area (TPSA) is 390 Å². The maximum Gasteiger partial charge on any atom is 0.373 e. The minimum absolute atomic E-state index is 0.00259. The monoisotopic (exact) mass is 1480 g/mol. The molecule has 9 N–H and O–H groups in total. The molecule has 0 amide bonds. The standard InChI is InChI=1S/C44H32N4O8.C41H28N4O7.CO2/c1-23(49)32-17-13-24-7-5-11-33(39(24)47-32)45-21-30-36(50)19-15-28-38(26-9-3-4-10-27(26)43(52)53)29-16-20-37(51)31(42(29)56-41(28)30)22-46-34-12-6-8-25-14-18-35(44(54)55-2)48-40(25)34;46-33-17-14-26-35(24-9-1-2-10-25(24)40(48)49)27-15-18-34(47)29(21-44-31-12-4-7-23-13-16-32(41(50)51)45-37(23)31)39(27)52-38(26)28(33)20-43-30-11-3-6-22-8-5-19-42-36(22)30;2-1-3/h3-20,45-46,51H,21-22H2,1-2H3,(H,52,53);1-19,43-44,47H,20-21H2,(H,48,49)(H,50,51);. The number of carbonyl (C=O) groups is 5. The molecule has 0 bridgehead atoms. The zero-order valence-corrected chi connectivity index (χ0v) is 58.6. The third kappa shape index (κ3) is 14.2. The van der Waals surface area contributed by atoms with Crippen LogP contribution in [0.25, 0.3) is 110 Å². The van der Waals surface area contributed by atoms with Crippen molar-refractivity contribution in [3.8, 4) is 56.4 Å². The number of anilines is 4. The first-order chi connectivity index (χ1) is 53.8. The second-order valence-electron chi connectivity index (χ2n) is 25.3. The van der Waals surface area contributed by atoms with E-state index in [9.17, 15) is 59.1 Å². The fourth-order valence-corrected chi connectivity index (χ4v) is 13.6. The van der Waals surface area contributed by atoms with E-state index in [2.05, 4.69) is 41.2 Å². The van der Waals surface area contributed by atoms with Gasteiger partial charge in [0.05, 0.1) is 85.3 Å². The largest absolute Gasteiger partial charge is 0.507 e. The number of methoxy groups -OCH3 is 1. The number of fused-ring (bicyclic) bond motifs is 8. The van der Waals surface area contributed by atoms with Gasteiger partial charge in [0.25, 0.3) is 0 Å². The Hall–Kier alpha value is -15.5. The number of pyridine rings is 4. The van der Waals surface area contributed by atoms with Crippen LogP contribution in [0.1, 0.15) is 81.4 Å². The van der Waals surface area contributed by atoms with Crippen LogP contribution in [-0.2, 0) is 40.5 Å². The highest BCUT2D eigenvalue weighted by molar-refractivity contribution is 6.11. The number of carboxylic acids is 3. The fourth-order valence-electron chi connectivity index (χ4n) is 13.6. The van der Waals surface area contributed by atoms with Crippen molar-refractivity contribution in [2.45, 2.75) is 33.1 Å². The molecule has 16 rings (SSSR count). The van der Waals surface area contributed by atoms with Crippen LogP contribution < -0.4 is 32.1 Å². The minimum atomic E-state index is -1.16. The summed E-state index contributed by atoms with van der Waals surface area (Å²) in [4.78, 5) is 123.